The van der Waals surface area contributed by atoms with Crippen molar-refractivity contribution in [3.63, 3.8) is 0 Å². The number of carbonyl (C=O) groups is 6. The minimum absolute atomic E-state index is 0.0314. The van der Waals surface area contributed by atoms with E-state index in [4.69, 9.17) is 53.9 Å². The molecule has 19 nitrogen and oxygen atoms in total. The van der Waals surface area contributed by atoms with Crippen molar-refractivity contribution in [3.05, 3.63) is 259 Å². The molecule has 5 aliphatic heterocycles. The molecule has 8 aromatic carbocycles. The van der Waals surface area contributed by atoms with Gasteiger partial charge in [-0.25, -0.2) is 0 Å². The van der Waals surface area contributed by atoms with Crippen LogP contribution in [-0.4, -0.2) is 154 Å². The molecule has 0 bridgehead atoms. The van der Waals surface area contributed by atoms with Gasteiger partial charge in [0, 0.05) is 54.5 Å². The molecular formula is C93H117B4Br2N3O16. The van der Waals surface area contributed by atoms with E-state index in [1.807, 2.05) is 168 Å². The van der Waals surface area contributed by atoms with Crippen LogP contribution in [0.3, 0.4) is 0 Å². The summed E-state index contributed by atoms with van der Waals surface area (Å²) in [5.41, 5.74) is 17.9. The first-order chi connectivity index (χ1) is 55.5. The van der Waals surface area contributed by atoms with Crippen LogP contribution in [0.15, 0.2) is 203 Å². The molecule has 0 radical (unpaired) electrons. The van der Waals surface area contributed by atoms with Crippen LogP contribution in [0.1, 0.15) is 197 Å². The van der Waals surface area contributed by atoms with Gasteiger partial charge in [0.25, 0.3) is 0 Å². The van der Waals surface area contributed by atoms with Crippen LogP contribution >= 0.6 is 31.9 Å². The number of benzene rings is 8. The van der Waals surface area contributed by atoms with Crippen molar-refractivity contribution in [2.75, 3.05) is 26.2 Å². The van der Waals surface area contributed by atoms with E-state index in [0.29, 0.717) is 49.5 Å². The molecule has 0 spiro atoms. The topological polar surface area (TPSA) is 271 Å². The summed E-state index contributed by atoms with van der Waals surface area (Å²) in [7, 11) is -2.58. The Bertz CT molecular complexity index is 4410. The lowest BCUT2D eigenvalue weighted by atomic mass is 9.78. The number of rotatable bonds is 20. The highest BCUT2D eigenvalue weighted by Crippen LogP contribution is 2.40. The molecule has 13 rings (SSSR count). The van der Waals surface area contributed by atoms with Crippen molar-refractivity contribution < 1.29 is 77.0 Å². The summed E-state index contributed by atoms with van der Waals surface area (Å²) < 4.78 is 38.1. The summed E-state index contributed by atoms with van der Waals surface area (Å²) in [5, 5.41) is 35.4. The van der Waals surface area contributed by atoms with Crippen LogP contribution in [0.4, 0.5) is 0 Å². The van der Waals surface area contributed by atoms with E-state index in [2.05, 4.69) is 109 Å². The molecule has 0 unspecified atom stereocenters. The summed E-state index contributed by atoms with van der Waals surface area (Å²) in [6.07, 6.45) is 7.01. The van der Waals surface area contributed by atoms with Crippen LogP contribution in [0.25, 0.3) is 0 Å². The molecule has 5 heterocycles. The summed E-state index contributed by atoms with van der Waals surface area (Å²) in [6.45, 7) is 33.6. The molecule has 0 atom stereocenters. The highest BCUT2D eigenvalue weighted by Gasteiger charge is 2.54. The number of carboxylic acids is 2. The number of nitrogens with zero attached hydrogens (tertiary/aromatic N) is 2. The minimum Gasteiger partial charge on any atom is -0.481 e. The predicted octanol–water partition coefficient (Wildman–Crippen LogP) is 13.7. The maximum Gasteiger partial charge on any atom is 0.494 e. The molecule has 0 aromatic heterocycles. The van der Waals surface area contributed by atoms with E-state index in [-0.39, 0.29) is 84.1 Å². The predicted molar refractivity (Wildman–Crippen MR) is 477 cm³/mol. The molecular weight excluding hydrogens is 1620 g/mol. The summed E-state index contributed by atoms with van der Waals surface area (Å²) in [5.74, 6) is 0.123. The van der Waals surface area contributed by atoms with Gasteiger partial charge in [0.15, 0.2) is 0 Å². The van der Waals surface area contributed by atoms with Gasteiger partial charge in [0.2, 0.25) is 11.8 Å². The zero-order valence-corrected chi connectivity index (χ0v) is 74.3. The van der Waals surface area contributed by atoms with E-state index >= 15 is 0 Å². The van der Waals surface area contributed by atoms with E-state index < -0.39 is 26.2 Å². The lowest BCUT2D eigenvalue weighted by Crippen LogP contribution is -2.41. The molecule has 5 fully saturated rings. The molecule has 626 valence electrons. The normalized spacial score (nSPS) is 17.3. The van der Waals surface area contributed by atoms with Gasteiger partial charge in [-0.15, -0.1) is 0 Å². The van der Waals surface area contributed by atoms with Gasteiger partial charge < -0.3 is 63.7 Å². The quantitative estimate of drug-likeness (QED) is 0.0444. The maximum atomic E-state index is 12.9. The first kappa shape index (κ1) is 95.3. The summed E-state index contributed by atoms with van der Waals surface area (Å²) >= 11 is 6.59. The third-order valence-electron chi connectivity index (χ3n) is 23.1. The largest absolute Gasteiger partial charge is 0.494 e. The Hall–Kier alpha value is -8.16. The molecule has 5 aliphatic rings. The third kappa shape index (κ3) is 28.2. The van der Waals surface area contributed by atoms with Crippen LogP contribution < -0.4 is 27.6 Å². The van der Waals surface area contributed by atoms with Crippen molar-refractivity contribution in [2.24, 2.45) is 5.73 Å². The number of piperidine rings is 2. The molecule has 2 amide bonds. The van der Waals surface area contributed by atoms with Gasteiger partial charge in [0.1, 0.15) is 11.6 Å². The second kappa shape index (κ2) is 42.9. The molecule has 118 heavy (non-hydrogen) atoms. The van der Waals surface area contributed by atoms with Gasteiger partial charge in [0.05, 0.1) is 59.3 Å². The first-order valence-electron chi connectivity index (χ1n) is 40.7. The Morgan fingerprint density at radius 3 is 0.924 bits per heavy atom. The number of hydrogen-bond acceptors (Lipinski definition) is 15. The van der Waals surface area contributed by atoms with Crippen molar-refractivity contribution in [1.29, 1.82) is 0 Å². The highest BCUT2D eigenvalue weighted by atomic mass is 79.9. The fourth-order valence-electron chi connectivity index (χ4n) is 13.8. The second-order valence-corrected chi connectivity index (χ2v) is 35.8. The SMILES string of the molecule is CC(=O)Cc1ccc(B2OC(C)(C)C(C)(C)O2)cc1.CC(=O)Cc1ccc(Br)cc1.CC1(C)OB(c2ccc(CC(=O)O)cc2)OC1(C)C.CCc1cccc(C2CCN(C(=O)Cc3ccc(B4OC(C)(C)C(C)(C)O4)cc3)CC2)c1.NCc1cccc(C2CCN(C(=O)Cc3ccc(B(O)O)cc3)CC2)c1.O=C(O)Cc1ccc(Br)cc1. The minimum atomic E-state index is -1.48. The lowest BCUT2D eigenvalue weighted by Gasteiger charge is -2.32. The Morgan fingerprint density at radius 1 is 0.390 bits per heavy atom. The van der Waals surface area contributed by atoms with Crippen molar-refractivity contribution in [2.45, 2.75) is 226 Å². The molecule has 6 N–H and O–H groups in total. The highest BCUT2D eigenvalue weighted by molar-refractivity contribution is 9.10. The lowest BCUT2D eigenvalue weighted by molar-refractivity contribution is -0.137. The Morgan fingerprint density at radius 2 is 0.653 bits per heavy atom. The number of carbonyl (C=O) groups excluding carboxylic acids is 4. The van der Waals surface area contributed by atoms with E-state index in [0.717, 1.165) is 123 Å². The van der Waals surface area contributed by atoms with Crippen LogP contribution in [0, 0.1) is 0 Å². The van der Waals surface area contributed by atoms with E-state index in [9.17, 15) is 28.8 Å². The van der Waals surface area contributed by atoms with Gasteiger partial charge >= 0.3 is 40.4 Å². The van der Waals surface area contributed by atoms with Crippen LogP contribution in [0.5, 0.6) is 0 Å². The number of nitrogens with two attached hydrogens (primary N) is 1. The number of halogens is 2. The number of aryl methyl sites for hydroxylation is 1. The van der Waals surface area contributed by atoms with Crippen LogP contribution in [0.2, 0.25) is 0 Å². The Balaban J connectivity index is 0.000000183. The van der Waals surface area contributed by atoms with Gasteiger partial charge in [-0.3, -0.25) is 28.8 Å². The van der Waals surface area contributed by atoms with Crippen molar-refractivity contribution in [3.8, 4) is 0 Å². The maximum absolute atomic E-state index is 12.9. The first-order valence-corrected chi connectivity index (χ1v) is 42.3. The van der Waals surface area contributed by atoms with E-state index in [1.165, 1.54) is 16.7 Å². The fraction of sp³-hybridized carbons (Fsp3) is 0.419. The summed E-state index contributed by atoms with van der Waals surface area (Å²) in [6, 6.07) is 62.5. The average molecular weight is 1740 g/mol. The second-order valence-electron chi connectivity index (χ2n) is 34.0. The number of aliphatic carboxylic acids is 2. The summed E-state index contributed by atoms with van der Waals surface area (Å²) in [4.78, 5) is 72.0. The monoisotopic (exact) mass is 1730 g/mol. The number of likely N-dealkylation sites (tertiary alicyclic amines) is 2. The van der Waals surface area contributed by atoms with Gasteiger partial charge in [-0.05, 0) is 243 Å². The Kier molecular flexibility index (Phi) is 34.6. The third-order valence-corrected chi connectivity index (χ3v) is 24.2. The number of hydrogen-bond donors (Lipinski definition) is 5. The van der Waals surface area contributed by atoms with Crippen molar-refractivity contribution in [1.82, 2.24) is 9.80 Å². The van der Waals surface area contributed by atoms with Crippen molar-refractivity contribution >= 4 is 118 Å². The van der Waals surface area contributed by atoms with Gasteiger partial charge in [-0.1, -0.05) is 209 Å². The molecule has 8 aromatic rings. The number of amides is 2. The molecule has 25 heteroatoms. The molecule has 0 aliphatic carbocycles. The smallest absolute Gasteiger partial charge is 0.481 e. The zero-order valence-electron chi connectivity index (χ0n) is 71.2. The average Bonchev–Trinajstić information content (AvgIpc) is 1.63. The van der Waals surface area contributed by atoms with E-state index in [1.54, 1.807) is 62.4 Å². The zero-order chi connectivity index (χ0) is 86.5. The number of Topliss-reactive ketones (excluding diaryl/α,β-unsaturated/α-hetero) is 2. The number of carboxylic acid groups (broad SMARTS) is 2. The molecule has 0 saturated carbocycles. The molecule has 5 saturated heterocycles. The Labute approximate surface area is 716 Å². The number of ketones is 2. The standard InChI is InChI=1S/C27H36BNO3.C20H25BN2O3.C15H21BO3.C14H19BO4.C9H9BrO.C8H7BrO2/c1-6-20-8-7-9-23(18-20)22-14-16-29(17-15-22)25(30)19-21-10-12-24(13-11-21)28-31-26(2,3)27(4,5)32-28;22-14-16-2-1-3-18(12-16)17-8-10-23(11-9-17)20(24)13-15-4-6-19(7-5-15)21(25)26;1-11(17)10-12-6-8-13(9-7-12)16-18-14(2,3)15(4,5)19-16;1-13(2)14(3,4)19-15(18-13)11-7-5-10(6-8-11)9-12(16)17;1-7(11)6-8-2-4-9(10)5-3-8;9-7-3-1-6(2-4-7)5-8(10)11/h7-13,18,22H,6,14-17,19H2,1-5H3;1-7,12,17,25-26H,8-11,13-14,22H2;6-9H,10H2,1-5H3;5-8H,9H2,1-4H3,(H,16,17);2-5H,6H2,1H3;1-4H,5H2,(H,10,11). The fourth-order valence-corrected chi connectivity index (χ4v) is 14.3. The van der Waals surface area contributed by atoms with Crippen LogP contribution in [-0.2, 0) is 108 Å². The van der Waals surface area contributed by atoms with Gasteiger partial charge in [-0.2, -0.15) is 0 Å².